The maximum absolute atomic E-state index is 3.95. The van der Waals surface area contributed by atoms with Crippen molar-refractivity contribution in [1.29, 1.82) is 0 Å². The average molecular weight is 320 g/mol. The van der Waals surface area contributed by atoms with E-state index in [-0.39, 0.29) is 0 Å². The zero-order chi connectivity index (χ0) is 12.9. The molecule has 0 aliphatic heterocycles. The summed E-state index contributed by atoms with van der Waals surface area (Å²) in [5, 5.41) is 3.95. The van der Waals surface area contributed by atoms with Crippen LogP contribution in [0.25, 0.3) is 0 Å². The van der Waals surface area contributed by atoms with Gasteiger partial charge in [-0.05, 0) is 67.9 Å². The summed E-state index contributed by atoms with van der Waals surface area (Å²) in [6, 6.07) is 8.62. The minimum absolute atomic E-state index is 0.476. The van der Waals surface area contributed by atoms with Crippen LogP contribution in [0.1, 0.15) is 44.1 Å². The monoisotopic (exact) mass is 319 g/mol. The van der Waals surface area contributed by atoms with Crippen LogP contribution in [-0.2, 0) is 6.54 Å². The van der Waals surface area contributed by atoms with Crippen LogP contribution in [0, 0.1) is 17.8 Å². The summed E-state index contributed by atoms with van der Waals surface area (Å²) in [5.41, 5.74) is 1.88. The zero-order valence-corrected chi connectivity index (χ0v) is 13.0. The second kappa shape index (κ2) is 4.60. The molecule has 2 heteroatoms. The van der Waals surface area contributed by atoms with Gasteiger partial charge in [0.25, 0.3) is 0 Å². The lowest BCUT2D eigenvalue weighted by molar-refractivity contribution is -0.0206. The molecule has 0 amide bonds. The fourth-order valence-electron chi connectivity index (χ4n) is 5.25. The fraction of sp³-hybridized carbons (Fsp3) is 0.647. The van der Waals surface area contributed by atoms with Gasteiger partial charge in [-0.3, -0.25) is 0 Å². The average Bonchev–Trinajstić information content (AvgIpc) is 2.36. The van der Waals surface area contributed by atoms with Crippen molar-refractivity contribution in [3.8, 4) is 0 Å². The highest BCUT2D eigenvalue weighted by molar-refractivity contribution is 9.10. The second-order valence-electron chi connectivity index (χ2n) is 7.14. The molecule has 0 unspecified atom stereocenters. The van der Waals surface area contributed by atoms with Crippen molar-refractivity contribution in [2.45, 2.75) is 50.6 Å². The molecule has 0 heterocycles. The molecular weight excluding hydrogens is 298 g/mol. The second-order valence-corrected chi connectivity index (χ2v) is 8.00. The molecule has 102 valence electrons. The molecule has 1 aromatic rings. The lowest BCUT2D eigenvalue weighted by Gasteiger charge is -2.57. The van der Waals surface area contributed by atoms with Gasteiger partial charge in [0.15, 0.2) is 0 Å². The highest BCUT2D eigenvalue weighted by Gasteiger charge is 2.50. The Morgan fingerprint density at radius 1 is 1.00 bits per heavy atom. The van der Waals surface area contributed by atoms with E-state index in [9.17, 15) is 0 Å². The van der Waals surface area contributed by atoms with E-state index in [2.05, 4.69) is 45.5 Å². The lowest BCUT2D eigenvalue weighted by Crippen LogP contribution is -2.58. The van der Waals surface area contributed by atoms with Gasteiger partial charge in [0.1, 0.15) is 0 Å². The summed E-state index contributed by atoms with van der Waals surface area (Å²) in [4.78, 5) is 0. The van der Waals surface area contributed by atoms with Gasteiger partial charge < -0.3 is 5.32 Å². The SMILES string of the molecule is Brc1ccccc1CNC12CC3CC(CC(C3)C1)C2. The molecule has 0 spiro atoms. The third-order valence-electron chi connectivity index (χ3n) is 5.65. The molecule has 0 radical (unpaired) electrons. The van der Waals surface area contributed by atoms with E-state index in [1.54, 1.807) is 0 Å². The van der Waals surface area contributed by atoms with E-state index in [1.165, 1.54) is 48.6 Å². The van der Waals surface area contributed by atoms with Crippen molar-refractivity contribution in [1.82, 2.24) is 5.32 Å². The summed E-state index contributed by atoms with van der Waals surface area (Å²) in [5.74, 6) is 3.08. The first kappa shape index (κ1) is 12.4. The first-order valence-electron chi connectivity index (χ1n) is 7.71. The zero-order valence-electron chi connectivity index (χ0n) is 11.4. The normalized spacial score (nSPS) is 39.7. The van der Waals surface area contributed by atoms with Crippen LogP contribution < -0.4 is 5.32 Å². The molecule has 5 rings (SSSR count). The molecule has 1 aromatic carbocycles. The summed E-state index contributed by atoms with van der Waals surface area (Å²) >= 11 is 3.67. The number of nitrogens with one attached hydrogen (secondary N) is 1. The molecule has 1 nitrogen and oxygen atoms in total. The summed E-state index contributed by atoms with van der Waals surface area (Å²) in [6.45, 7) is 1.02. The van der Waals surface area contributed by atoms with Crippen LogP contribution in [0.5, 0.6) is 0 Å². The molecule has 4 aliphatic carbocycles. The van der Waals surface area contributed by atoms with E-state index < -0.39 is 0 Å². The van der Waals surface area contributed by atoms with Crippen molar-refractivity contribution in [2.75, 3.05) is 0 Å². The van der Waals surface area contributed by atoms with E-state index in [1.807, 2.05) is 0 Å². The third kappa shape index (κ3) is 2.27. The minimum atomic E-state index is 0.476. The molecule has 4 saturated carbocycles. The molecule has 4 bridgehead atoms. The molecular formula is C17H22BrN. The van der Waals surface area contributed by atoms with Crippen molar-refractivity contribution >= 4 is 15.9 Å². The molecule has 4 fully saturated rings. The molecule has 0 saturated heterocycles. The Kier molecular flexibility index (Phi) is 3.00. The number of halogens is 1. The van der Waals surface area contributed by atoms with Gasteiger partial charge in [-0.25, -0.2) is 0 Å². The molecule has 0 aromatic heterocycles. The van der Waals surface area contributed by atoms with Gasteiger partial charge in [0.05, 0.1) is 0 Å². The Bertz CT molecular complexity index is 447. The van der Waals surface area contributed by atoms with Crippen molar-refractivity contribution < 1.29 is 0 Å². The fourth-order valence-corrected chi connectivity index (χ4v) is 5.68. The Balaban J connectivity index is 1.49. The largest absolute Gasteiger partial charge is 0.307 e. The number of rotatable bonds is 3. The number of hydrogen-bond acceptors (Lipinski definition) is 1. The number of benzene rings is 1. The van der Waals surface area contributed by atoms with E-state index in [0.717, 1.165) is 24.3 Å². The third-order valence-corrected chi connectivity index (χ3v) is 6.42. The standard InChI is InChI=1S/C17H22BrN/c18-16-4-2-1-3-15(16)11-19-17-8-12-5-13(9-17)7-14(6-12)10-17/h1-4,12-14,19H,5-11H2. The minimum Gasteiger partial charge on any atom is -0.307 e. The van der Waals surface area contributed by atoms with Crippen LogP contribution in [0.15, 0.2) is 28.7 Å². The summed E-state index contributed by atoms with van der Waals surface area (Å²) in [7, 11) is 0. The first-order valence-corrected chi connectivity index (χ1v) is 8.50. The lowest BCUT2D eigenvalue weighted by atomic mass is 9.53. The topological polar surface area (TPSA) is 12.0 Å². The Hall–Kier alpha value is -0.340. The Morgan fingerprint density at radius 3 is 2.16 bits per heavy atom. The summed E-state index contributed by atoms with van der Waals surface area (Å²) in [6.07, 6.45) is 8.87. The van der Waals surface area contributed by atoms with Crippen LogP contribution in [0.3, 0.4) is 0 Å². The van der Waals surface area contributed by atoms with Crippen LogP contribution >= 0.6 is 15.9 Å². The van der Waals surface area contributed by atoms with E-state index in [0.29, 0.717) is 5.54 Å². The molecule has 0 atom stereocenters. The predicted molar refractivity (Wildman–Crippen MR) is 81.9 cm³/mol. The van der Waals surface area contributed by atoms with Crippen LogP contribution in [0.2, 0.25) is 0 Å². The maximum atomic E-state index is 3.95. The summed E-state index contributed by atoms with van der Waals surface area (Å²) < 4.78 is 1.24. The Labute approximate surface area is 124 Å². The van der Waals surface area contributed by atoms with E-state index >= 15 is 0 Å². The predicted octanol–water partition coefficient (Wildman–Crippen LogP) is 4.51. The van der Waals surface area contributed by atoms with Crippen LogP contribution in [-0.4, -0.2) is 5.54 Å². The van der Waals surface area contributed by atoms with Gasteiger partial charge in [-0.2, -0.15) is 0 Å². The highest BCUT2D eigenvalue weighted by atomic mass is 79.9. The molecule has 19 heavy (non-hydrogen) atoms. The van der Waals surface area contributed by atoms with Gasteiger partial charge in [0.2, 0.25) is 0 Å². The maximum Gasteiger partial charge on any atom is 0.0221 e. The highest BCUT2D eigenvalue weighted by Crippen LogP contribution is 2.55. The van der Waals surface area contributed by atoms with Gasteiger partial charge in [-0.15, -0.1) is 0 Å². The smallest absolute Gasteiger partial charge is 0.0221 e. The van der Waals surface area contributed by atoms with E-state index in [4.69, 9.17) is 0 Å². The number of hydrogen-bond donors (Lipinski definition) is 1. The molecule has 4 aliphatic rings. The van der Waals surface area contributed by atoms with Gasteiger partial charge in [-0.1, -0.05) is 34.1 Å². The first-order chi connectivity index (χ1) is 9.22. The van der Waals surface area contributed by atoms with Crippen molar-refractivity contribution in [3.63, 3.8) is 0 Å². The van der Waals surface area contributed by atoms with Crippen molar-refractivity contribution in [3.05, 3.63) is 34.3 Å². The Morgan fingerprint density at radius 2 is 1.58 bits per heavy atom. The van der Waals surface area contributed by atoms with Crippen molar-refractivity contribution in [2.24, 2.45) is 17.8 Å². The quantitative estimate of drug-likeness (QED) is 0.864. The van der Waals surface area contributed by atoms with Gasteiger partial charge >= 0.3 is 0 Å². The van der Waals surface area contributed by atoms with Gasteiger partial charge in [0, 0.05) is 16.6 Å². The van der Waals surface area contributed by atoms with Crippen LogP contribution in [0.4, 0.5) is 0 Å². The molecule has 1 N–H and O–H groups in total.